The van der Waals surface area contributed by atoms with Gasteiger partial charge in [-0.15, -0.1) is 11.3 Å². The van der Waals surface area contributed by atoms with Crippen LogP contribution < -0.4 is 5.14 Å². The van der Waals surface area contributed by atoms with E-state index in [1.807, 2.05) is 26.1 Å². The average Bonchev–Trinajstić information content (AvgIpc) is 3.56. The maximum atomic E-state index is 13.5. The summed E-state index contributed by atoms with van der Waals surface area (Å²) < 4.78 is 35.0. The van der Waals surface area contributed by atoms with Crippen LogP contribution in [0.15, 0.2) is 29.8 Å². The number of carbonyl (C=O) groups excluding carboxylic acids is 1. The maximum absolute atomic E-state index is 13.5. The Morgan fingerprint density at radius 3 is 2.97 bits per heavy atom. The molecule has 190 valence electrons. The van der Waals surface area contributed by atoms with Gasteiger partial charge in [0, 0.05) is 40.8 Å². The lowest BCUT2D eigenvalue weighted by atomic mass is 10.1. The van der Waals surface area contributed by atoms with Crippen LogP contribution in [0.2, 0.25) is 0 Å². The van der Waals surface area contributed by atoms with Gasteiger partial charge in [0.25, 0.3) is 0 Å². The second-order valence-electron chi connectivity index (χ2n) is 8.94. The van der Waals surface area contributed by atoms with Gasteiger partial charge in [-0.25, -0.2) is 25.1 Å². The Kier molecular flexibility index (Phi) is 6.83. The van der Waals surface area contributed by atoms with Crippen molar-refractivity contribution in [3.05, 3.63) is 57.2 Å². The highest BCUT2D eigenvalue weighted by atomic mass is 32.2. The number of imidazole rings is 1. The zero-order chi connectivity index (χ0) is 25.4. The first-order valence-corrected chi connectivity index (χ1v) is 13.8. The number of hydrogen-bond donors (Lipinski definition) is 1. The number of aliphatic imine (C=N–C) groups is 1. The fourth-order valence-electron chi connectivity index (χ4n) is 4.61. The standard InChI is InChI=1S/C23H26N6O5S2/c1-13-9-26-23-21(33-6-5-29(13)23)17-8-19(35-14(17)2)20(30)18-10-25-12-27-22(18)28-16-4-3-15(7-16)11-34-36(24,31)32/h8-10,12,15,21H,3-7,11H2,1-2H3,(H2,24,31,32)/t15-,21?/m1/s1. The van der Waals surface area contributed by atoms with E-state index < -0.39 is 10.3 Å². The van der Waals surface area contributed by atoms with Crippen molar-refractivity contribution in [3.63, 3.8) is 0 Å². The number of nitrogens with zero attached hydrogens (tertiary/aromatic N) is 5. The minimum absolute atomic E-state index is 0.00562. The van der Waals surface area contributed by atoms with Gasteiger partial charge in [-0.05, 0) is 45.1 Å². The van der Waals surface area contributed by atoms with Crippen LogP contribution in [0.3, 0.4) is 0 Å². The van der Waals surface area contributed by atoms with Gasteiger partial charge in [0.2, 0.25) is 5.78 Å². The zero-order valence-electron chi connectivity index (χ0n) is 19.9. The minimum Gasteiger partial charge on any atom is -0.364 e. The van der Waals surface area contributed by atoms with E-state index in [-0.39, 0.29) is 24.4 Å². The monoisotopic (exact) mass is 530 g/mol. The number of ether oxygens (including phenoxy) is 1. The van der Waals surface area contributed by atoms with E-state index in [4.69, 9.17) is 14.1 Å². The van der Waals surface area contributed by atoms with Crippen molar-refractivity contribution in [2.45, 2.75) is 45.8 Å². The van der Waals surface area contributed by atoms with Crippen LogP contribution in [-0.2, 0) is 25.8 Å². The summed E-state index contributed by atoms with van der Waals surface area (Å²) in [5, 5.41) is 4.92. The number of aromatic nitrogens is 4. The Morgan fingerprint density at radius 2 is 2.17 bits per heavy atom. The third-order valence-corrected chi connectivity index (χ3v) is 7.95. The first-order chi connectivity index (χ1) is 17.2. The van der Waals surface area contributed by atoms with Gasteiger partial charge >= 0.3 is 10.3 Å². The van der Waals surface area contributed by atoms with Crippen molar-refractivity contribution in [1.82, 2.24) is 19.5 Å². The normalized spacial score (nSPS) is 21.1. The van der Waals surface area contributed by atoms with Crippen molar-refractivity contribution in [2.24, 2.45) is 16.0 Å². The molecule has 1 aliphatic carbocycles. The number of aryl methyl sites for hydroxylation is 2. The molecule has 1 aliphatic heterocycles. The largest absolute Gasteiger partial charge is 0.364 e. The van der Waals surface area contributed by atoms with E-state index in [1.165, 1.54) is 23.9 Å². The molecule has 1 unspecified atom stereocenters. The molecule has 2 N–H and O–H groups in total. The highest BCUT2D eigenvalue weighted by Gasteiger charge is 2.30. The predicted octanol–water partition coefficient (Wildman–Crippen LogP) is 2.79. The van der Waals surface area contributed by atoms with Crippen molar-refractivity contribution < 1.29 is 22.1 Å². The number of thiophene rings is 1. The molecule has 0 spiro atoms. The van der Waals surface area contributed by atoms with E-state index >= 15 is 0 Å². The molecule has 0 amide bonds. The second-order valence-corrected chi connectivity index (χ2v) is 11.4. The Labute approximate surface area is 212 Å². The summed E-state index contributed by atoms with van der Waals surface area (Å²) in [4.78, 5) is 32.5. The van der Waals surface area contributed by atoms with Crippen LogP contribution in [0.4, 0.5) is 5.82 Å². The van der Waals surface area contributed by atoms with Gasteiger partial charge in [-0.2, -0.15) is 8.42 Å². The molecular weight excluding hydrogens is 504 g/mol. The van der Waals surface area contributed by atoms with Crippen LogP contribution in [-0.4, -0.2) is 52.6 Å². The van der Waals surface area contributed by atoms with Gasteiger partial charge in [0.1, 0.15) is 18.3 Å². The summed E-state index contributed by atoms with van der Waals surface area (Å²) in [6, 6.07) is 1.87. The SMILES string of the molecule is Cc1sc(C(=O)c2cncnc2N=C2CC[C@@H](COS(N)(=O)=O)C2)cc1C1OCCn2c(C)cnc21. The molecule has 0 saturated heterocycles. The smallest absolute Gasteiger partial charge is 0.333 e. The molecule has 5 rings (SSSR count). The quantitative estimate of drug-likeness (QED) is 0.458. The molecule has 1 fully saturated rings. The number of carbonyl (C=O) groups is 1. The third-order valence-electron chi connectivity index (χ3n) is 6.42. The number of fused-ring (bicyclic) bond motifs is 1. The van der Waals surface area contributed by atoms with Crippen LogP contribution in [0.5, 0.6) is 0 Å². The Bertz CT molecular complexity index is 1440. The molecule has 1 saturated carbocycles. The number of rotatable bonds is 7. The molecule has 13 heteroatoms. The summed E-state index contributed by atoms with van der Waals surface area (Å²) in [6.45, 7) is 5.33. The van der Waals surface area contributed by atoms with Crippen LogP contribution in [0, 0.1) is 19.8 Å². The predicted molar refractivity (Wildman–Crippen MR) is 133 cm³/mol. The van der Waals surface area contributed by atoms with E-state index in [1.54, 1.807) is 0 Å². The number of ketones is 1. The lowest BCUT2D eigenvalue weighted by Crippen LogP contribution is -2.23. The molecule has 0 aromatic carbocycles. The van der Waals surface area contributed by atoms with Gasteiger partial charge in [-0.3, -0.25) is 8.98 Å². The summed E-state index contributed by atoms with van der Waals surface area (Å²) >= 11 is 1.40. The molecular formula is C23H26N6O5S2. The van der Waals surface area contributed by atoms with E-state index in [0.29, 0.717) is 42.1 Å². The summed E-state index contributed by atoms with van der Waals surface area (Å²) in [7, 11) is -3.98. The maximum Gasteiger partial charge on any atom is 0.333 e. The molecule has 11 nitrogen and oxygen atoms in total. The number of hydrogen-bond acceptors (Lipinski definition) is 10. The molecule has 4 heterocycles. The summed E-state index contributed by atoms with van der Waals surface area (Å²) in [5.74, 6) is 0.913. The second kappa shape index (κ2) is 9.90. The van der Waals surface area contributed by atoms with Gasteiger partial charge in [0.05, 0.1) is 23.7 Å². The highest BCUT2D eigenvalue weighted by molar-refractivity contribution is 7.84. The number of nitrogens with two attached hydrogens (primary N) is 1. The van der Waals surface area contributed by atoms with Crippen LogP contribution in [0.25, 0.3) is 0 Å². The fourth-order valence-corrected chi connectivity index (χ4v) is 6.00. The van der Waals surface area contributed by atoms with Crippen molar-refractivity contribution in [3.8, 4) is 0 Å². The zero-order valence-corrected chi connectivity index (χ0v) is 21.5. The molecule has 3 aromatic rings. The highest BCUT2D eigenvalue weighted by Crippen LogP contribution is 2.36. The first kappa shape index (κ1) is 24.8. The lowest BCUT2D eigenvalue weighted by Gasteiger charge is -2.25. The van der Waals surface area contributed by atoms with Crippen LogP contribution >= 0.6 is 11.3 Å². The van der Waals surface area contributed by atoms with Gasteiger partial charge in [-0.1, -0.05) is 0 Å². The van der Waals surface area contributed by atoms with Gasteiger partial charge < -0.3 is 9.30 Å². The molecule has 2 atom stereocenters. The van der Waals surface area contributed by atoms with Crippen molar-refractivity contribution in [1.29, 1.82) is 0 Å². The molecule has 3 aromatic heterocycles. The minimum atomic E-state index is -3.98. The topological polar surface area (TPSA) is 152 Å². The van der Waals surface area contributed by atoms with Crippen molar-refractivity contribution >= 4 is 39.0 Å². The van der Waals surface area contributed by atoms with E-state index in [9.17, 15) is 13.2 Å². The summed E-state index contributed by atoms with van der Waals surface area (Å²) in [6.07, 6.45) is 6.26. The Balaban J connectivity index is 1.38. The summed E-state index contributed by atoms with van der Waals surface area (Å²) in [5.41, 5.74) is 3.14. The van der Waals surface area contributed by atoms with E-state index in [2.05, 4.69) is 24.5 Å². The molecule has 0 radical (unpaired) electrons. The Morgan fingerprint density at radius 1 is 1.33 bits per heavy atom. The fraction of sp³-hybridized carbons (Fsp3) is 0.435. The lowest BCUT2D eigenvalue weighted by molar-refractivity contribution is 0.0423. The third kappa shape index (κ3) is 5.15. The van der Waals surface area contributed by atoms with Gasteiger partial charge in [0.15, 0.2) is 5.82 Å². The molecule has 0 bridgehead atoms. The molecule has 36 heavy (non-hydrogen) atoms. The average molecular weight is 531 g/mol. The molecule has 2 aliphatic rings. The van der Waals surface area contributed by atoms with Crippen molar-refractivity contribution in [2.75, 3.05) is 13.2 Å². The first-order valence-electron chi connectivity index (χ1n) is 11.5. The Hall–Kier alpha value is -2.84. The van der Waals surface area contributed by atoms with Crippen LogP contribution in [0.1, 0.15) is 62.6 Å². The van der Waals surface area contributed by atoms with E-state index in [0.717, 1.165) is 34.2 Å².